The van der Waals surface area contributed by atoms with Crippen molar-refractivity contribution in [2.75, 3.05) is 13.1 Å². The maximum absolute atomic E-state index is 10.3. The average Bonchev–Trinajstić information content (AvgIpc) is 2.89. The summed E-state index contributed by atoms with van der Waals surface area (Å²) >= 11 is 0. The summed E-state index contributed by atoms with van der Waals surface area (Å²) in [6, 6.07) is 2.55. The molecule has 1 aliphatic rings. The highest BCUT2D eigenvalue weighted by Crippen LogP contribution is 2.20. The minimum atomic E-state index is -0.243. The highest BCUT2D eigenvalue weighted by molar-refractivity contribution is 5.02. The lowest BCUT2D eigenvalue weighted by Gasteiger charge is -2.26. The van der Waals surface area contributed by atoms with Crippen molar-refractivity contribution < 1.29 is 5.11 Å². The Morgan fingerprint density at radius 2 is 2.05 bits per heavy atom. The molecule has 0 aromatic carbocycles. The molecule has 0 saturated carbocycles. The largest absolute Gasteiger partial charge is 0.392 e. The Balaban J connectivity index is 1.91. The number of aromatic nitrogens is 2. The van der Waals surface area contributed by atoms with Gasteiger partial charge < -0.3 is 10.4 Å². The van der Waals surface area contributed by atoms with Crippen LogP contribution in [0.2, 0.25) is 0 Å². The van der Waals surface area contributed by atoms with E-state index in [1.54, 1.807) is 0 Å². The van der Waals surface area contributed by atoms with Gasteiger partial charge in [0.15, 0.2) is 0 Å². The molecule has 1 saturated heterocycles. The number of hydrogen-bond acceptors (Lipinski definition) is 3. The standard InChI is InChI=1S/C15H27N3O/c1-3-14(4-2)18-10-7-13(17-18)11-15(19)12-5-8-16-9-6-12/h7,10,12,14-16,19H,3-6,8-9,11H2,1-2H3. The fourth-order valence-corrected chi connectivity index (χ4v) is 2.96. The van der Waals surface area contributed by atoms with E-state index in [1.807, 2.05) is 0 Å². The van der Waals surface area contributed by atoms with Crippen LogP contribution in [-0.4, -0.2) is 34.1 Å². The Hall–Kier alpha value is -0.870. The molecular formula is C15H27N3O. The van der Waals surface area contributed by atoms with E-state index in [0.29, 0.717) is 18.4 Å². The van der Waals surface area contributed by atoms with Crippen LogP contribution >= 0.6 is 0 Å². The Kier molecular flexibility index (Phi) is 5.40. The highest BCUT2D eigenvalue weighted by Gasteiger charge is 2.22. The SMILES string of the molecule is CCC(CC)n1ccc(CC(O)C2CCNCC2)n1. The van der Waals surface area contributed by atoms with Gasteiger partial charge in [-0.3, -0.25) is 4.68 Å². The summed E-state index contributed by atoms with van der Waals surface area (Å²) in [6.07, 6.45) is 6.87. The van der Waals surface area contributed by atoms with Gasteiger partial charge in [-0.1, -0.05) is 13.8 Å². The summed E-state index contributed by atoms with van der Waals surface area (Å²) in [5.74, 6) is 0.430. The van der Waals surface area contributed by atoms with Crippen molar-refractivity contribution >= 4 is 0 Å². The minimum Gasteiger partial charge on any atom is -0.392 e. The van der Waals surface area contributed by atoms with Crippen LogP contribution in [0.4, 0.5) is 0 Å². The normalized spacial score (nSPS) is 18.9. The van der Waals surface area contributed by atoms with Crippen molar-refractivity contribution in [3.05, 3.63) is 18.0 Å². The third kappa shape index (κ3) is 3.80. The van der Waals surface area contributed by atoms with Gasteiger partial charge in [-0.05, 0) is 50.8 Å². The third-order valence-electron chi connectivity index (χ3n) is 4.33. The molecule has 19 heavy (non-hydrogen) atoms. The zero-order valence-corrected chi connectivity index (χ0v) is 12.2. The van der Waals surface area contributed by atoms with Crippen LogP contribution < -0.4 is 5.32 Å². The molecule has 0 spiro atoms. The molecule has 0 amide bonds. The Labute approximate surface area is 116 Å². The molecule has 108 valence electrons. The molecule has 4 nitrogen and oxygen atoms in total. The highest BCUT2D eigenvalue weighted by atomic mass is 16.3. The van der Waals surface area contributed by atoms with Crippen LogP contribution in [0, 0.1) is 5.92 Å². The number of aliphatic hydroxyl groups is 1. The molecule has 1 aromatic heterocycles. The van der Waals surface area contributed by atoms with Crippen LogP contribution in [0.25, 0.3) is 0 Å². The van der Waals surface area contributed by atoms with E-state index < -0.39 is 0 Å². The molecule has 1 fully saturated rings. The van der Waals surface area contributed by atoms with E-state index in [0.717, 1.165) is 44.5 Å². The monoisotopic (exact) mass is 265 g/mol. The van der Waals surface area contributed by atoms with Gasteiger partial charge in [0, 0.05) is 12.6 Å². The fraction of sp³-hybridized carbons (Fsp3) is 0.800. The maximum atomic E-state index is 10.3. The Morgan fingerprint density at radius 3 is 2.68 bits per heavy atom. The first-order valence-electron chi connectivity index (χ1n) is 7.67. The van der Waals surface area contributed by atoms with Crippen molar-refractivity contribution in [3.63, 3.8) is 0 Å². The molecule has 0 aliphatic carbocycles. The summed E-state index contributed by atoms with van der Waals surface area (Å²) in [5.41, 5.74) is 1.03. The summed E-state index contributed by atoms with van der Waals surface area (Å²) in [5, 5.41) is 18.3. The number of hydrogen-bond donors (Lipinski definition) is 2. The average molecular weight is 265 g/mol. The van der Waals surface area contributed by atoms with Gasteiger partial charge in [-0.25, -0.2) is 0 Å². The zero-order chi connectivity index (χ0) is 13.7. The lowest BCUT2D eigenvalue weighted by molar-refractivity contribution is 0.0880. The summed E-state index contributed by atoms with van der Waals surface area (Å²) in [7, 11) is 0. The van der Waals surface area contributed by atoms with Gasteiger partial charge in [0.2, 0.25) is 0 Å². The molecule has 2 N–H and O–H groups in total. The van der Waals surface area contributed by atoms with Gasteiger partial charge in [-0.2, -0.15) is 5.10 Å². The van der Waals surface area contributed by atoms with Crippen molar-refractivity contribution in [1.29, 1.82) is 0 Å². The van der Waals surface area contributed by atoms with Crippen molar-refractivity contribution in [1.82, 2.24) is 15.1 Å². The van der Waals surface area contributed by atoms with Crippen LogP contribution in [0.5, 0.6) is 0 Å². The first-order valence-corrected chi connectivity index (χ1v) is 7.67. The molecule has 1 aliphatic heterocycles. The van der Waals surface area contributed by atoms with Crippen LogP contribution in [0.3, 0.4) is 0 Å². The molecule has 1 aromatic rings. The fourth-order valence-electron chi connectivity index (χ4n) is 2.96. The molecule has 2 rings (SSSR count). The van der Waals surface area contributed by atoms with Gasteiger partial charge in [0.05, 0.1) is 17.8 Å². The van der Waals surface area contributed by atoms with Crippen LogP contribution in [-0.2, 0) is 6.42 Å². The summed E-state index contributed by atoms with van der Waals surface area (Å²) < 4.78 is 2.06. The second kappa shape index (κ2) is 7.06. The van der Waals surface area contributed by atoms with Crippen molar-refractivity contribution in [2.45, 2.75) is 58.1 Å². The molecule has 4 heteroatoms. The van der Waals surface area contributed by atoms with Gasteiger partial charge in [0.25, 0.3) is 0 Å². The smallest absolute Gasteiger partial charge is 0.0650 e. The molecule has 0 radical (unpaired) electrons. The molecule has 1 atom stereocenters. The predicted molar refractivity (Wildman–Crippen MR) is 77.2 cm³/mol. The van der Waals surface area contributed by atoms with E-state index in [1.165, 1.54) is 0 Å². The summed E-state index contributed by atoms with van der Waals surface area (Å²) in [4.78, 5) is 0. The van der Waals surface area contributed by atoms with Crippen LogP contribution in [0.15, 0.2) is 12.3 Å². The molecule has 1 unspecified atom stereocenters. The number of nitrogens with zero attached hydrogens (tertiary/aromatic N) is 2. The maximum Gasteiger partial charge on any atom is 0.0650 e. The minimum absolute atomic E-state index is 0.243. The van der Waals surface area contributed by atoms with E-state index in [2.05, 4.69) is 41.2 Å². The van der Waals surface area contributed by atoms with E-state index >= 15 is 0 Å². The topological polar surface area (TPSA) is 50.1 Å². The van der Waals surface area contributed by atoms with Gasteiger partial charge in [-0.15, -0.1) is 0 Å². The molecule has 2 heterocycles. The van der Waals surface area contributed by atoms with Gasteiger partial charge >= 0.3 is 0 Å². The predicted octanol–water partition coefficient (Wildman–Crippen LogP) is 2.15. The van der Waals surface area contributed by atoms with E-state index in [4.69, 9.17) is 0 Å². The van der Waals surface area contributed by atoms with E-state index in [9.17, 15) is 5.11 Å². The lowest BCUT2D eigenvalue weighted by atomic mass is 9.90. The third-order valence-corrected chi connectivity index (χ3v) is 4.33. The Bertz CT molecular complexity index is 367. The first kappa shape index (κ1) is 14.5. The first-order chi connectivity index (χ1) is 9.24. The van der Waals surface area contributed by atoms with Crippen molar-refractivity contribution in [3.8, 4) is 0 Å². The van der Waals surface area contributed by atoms with Crippen molar-refractivity contribution in [2.24, 2.45) is 5.92 Å². The Morgan fingerprint density at radius 1 is 1.37 bits per heavy atom. The number of aliphatic hydroxyl groups excluding tert-OH is 1. The number of piperidine rings is 1. The van der Waals surface area contributed by atoms with Gasteiger partial charge in [0.1, 0.15) is 0 Å². The second-order valence-electron chi connectivity index (χ2n) is 5.62. The molecular weight excluding hydrogens is 238 g/mol. The molecule has 0 bridgehead atoms. The van der Waals surface area contributed by atoms with Crippen LogP contribution in [0.1, 0.15) is 51.3 Å². The number of nitrogens with one attached hydrogen (secondary N) is 1. The summed E-state index contributed by atoms with van der Waals surface area (Å²) in [6.45, 7) is 6.45. The lowest BCUT2D eigenvalue weighted by Crippen LogP contribution is -2.35. The quantitative estimate of drug-likeness (QED) is 0.828. The second-order valence-corrected chi connectivity index (χ2v) is 5.62. The zero-order valence-electron chi connectivity index (χ0n) is 12.2. The number of rotatable bonds is 6. The van der Waals surface area contributed by atoms with E-state index in [-0.39, 0.29) is 6.10 Å².